The number of hydrogen-bond donors (Lipinski definition) is 0. The highest BCUT2D eigenvalue weighted by Crippen LogP contribution is 2.37. The molecule has 10 aromatic rings. The summed E-state index contributed by atoms with van der Waals surface area (Å²) >= 11 is 0. The van der Waals surface area contributed by atoms with Gasteiger partial charge in [-0.3, -0.25) is 0 Å². The van der Waals surface area contributed by atoms with Gasteiger partial charge >= 0.3 is 0 Å². The highest BCUT2D eigenvalue weighted by Gasteiger charge is 2.15. The summed E-state index contributed by atoms with van der Waals surface area (Å²) in [5.41, 5.74) is 17.9. The number of fused-ring (bicyclic) bond motifs is 1. The molecule has 0 saturated heterocycles. The highest BCUT2D eigenvalue weighted by atomic mass is 14.9. The number of hydrogen-bond acceptors (Lipinski definition) is 2. The number of para-hydroxylation sites is 1. The molecule has 0 unspecified atom stereocenters. The molecule has 1 aromatic heterocycles. The summed E-state index contributed by atoms with van der Waals surface area (Å²) in [5.74, 6) is 0.699. The van der Waals surface area contributed by atoms with E-state index in [4.69, 9.17) is 9.97 Å². The van der Waals surface area contributed by atoms with E-state index in [1.54, 1.807) is 0 Å². The van der Waals surface area contributed by atoms with Crippen molar-refractivity contribution in [2.75, 3.05) is 0 Å². The van der Waals surface area contributed by atoms with Crippen molar-refractivity contribution >= 4 is 10.9 Å². The first-order chi connectivity index (χ1) is 28.7. The molecule has 0 saturated carbocycles. The molecule has 9 aromatic carbocycles. The molecule has 0 spiro atoms. The molecule has 0 aliphatic heterocycles. The number of nitrogens with zero attached hydrogens (tertiary/aromatic N) is 2. The fraction of sp³-hybridized carbons (Fsp3) is 0. The van der Waals surface area contributed by atoms with Crippen LogP contribution in [0, 0.1) is 0 Å². The number of rotatable bonds is 8. The van der Waals surface area contributed by atoms with E-state index in [0.29, 0.717) is 5.82 Å². The van der Waals surface area contributed by atoms with Crippen molar-refractivity contribution in [3.8, 4) is 89.4 Å². The van der Waals surface area contributed by atoms with Crippen molar-refractivity contribution in [1.82, 2.24) is 9.97 Å². The Bertz CT molecular complexity index is 2990. The number of aromatic nitrogens is 2. The Balaban J connectivity index is 1.03. The van der Waals surface area contributed by atoms with Gasteiger partial charge in [0.2, 0.25) is 0 Å². The lowest BCUT2D eigenvalue weighted by Crippen LogP contribution is -1.96. The normalized spacial score (nSPS) is 11.1. The minimum atomic E-state index is 0.699. The van der Waals surface area contributed by atoms with E-state index >= 15 is 0 Å². The Kier molecular flexibility index (Phi) is 9.27. The van der Waals surface area contributed by atoms with E-state index in [1.165, 1.54) is 33.4 Å². The number of benzene rings is 9. The quantitative estimate of drug-likeness (QED) is 0.155. The molecule has 0 atom stereocenters. The van der Waals surface area contributed by atoms with Crippen LogP contribution in [-0.4, -0.2) is 9.97 Å². The zero-order valence-electron chi connectivity index (χ0n) is 31.8. The maximum absolute atomic E-state index is 5.36. The van der Waals surface area contributed by atoms with Crippen LogP contribution >= 0.6 is 0 Å². The van der Waals surface area contributed by atoms with Gasteiger partial charge in [0.1, 0.15) is 0 Å². The monoisotopic (exact) mass is 738 g/mol. The third-order valence-electron chi connectivity index (χ3n) is 10.8. The molecule has 0 fully saturated rings. The molecule has 2 nitrogen and oxygen atoms in total. The van der Waals surface area contributed by atoms with E-state index in [2.05, 4.69) is 231 Å². The fourth-order valence-corrected chi connectivity index (χ4v) is 7.89. The van der Waals surface area contributed by atoms with Crippen LogP contribution in [-0.2, 0) is 0 Å². The van der Waals surface area contributed by atoms with Crippen molar-refractivity contribution in [3.05, 3.63) is 231 Å². The molecule has 0 radical (unpaired) electrons. The maximum Gasteiger partial charge on any atom is 0.160 e. The molecular weight excluding hydrogens is 701 g/mol. The summed E-state index contributed by atoms with van der Waals surface area (Å²) in [4.78, 5) is 10.5. The second-order valence-corrected chi connectivity index (χ2v) is 14.6. The summed E-state index contributed by atoms with van der Waals surface area (Å²) in [6.45, 7) is 0. The summed E-state index contributed by atoms with van der Waals surface area (Å²) in [7, 11) is 0. The molecule has 0 bridgehead atoms. The minimum absolute atomic E-state index is 0.699. The molecule has 2 heteroatoms. The van der Waals surface area contributed by atoms with Gasteiger partial charge < -0.3 is 0 Å². The maximum atomic E-state index is 5.36. The molecule has 0 amide bonds. The average Bonchev–Trinajstić information content (AvgIpc) is 3.32. The lowest BCUT2D eigenvalue weighted by molar-refractivity contribution is 1.23. The van der Waals surface area contributed by atoms with Gasteiger partial charge in [-0.05, 0) is 115 Å². The van der Waals surface area contributed by atoms with E-state index in [-0.39, 0.29) is 0 Å². The van der Waals surface area contributed by atoms with Crippen LogP contribution in [0.5, 0.6) is 0 Å². The molecule has 58 heavy (non-hydrogen) atoms. The second-order valence-electron chi connectivity index (χ2n) is 14.6. The highest BCUT2D eigenvalue weighted by molar-refractivity contribution is 5.95. The molecule has 0 N–H and O–H groups in total. The van der Waals surface area contributed by atoms with Gasteiger partial charge in [0, 0.05) is 16.5 Å². The Morgan fingerprint density at radius 1 is 0.207 bits per heavy atom. The first-order valence-electron chi connectivity index (χ1n) is 19.7. The van der Waals surface area contributed by atoms with Crippen molar-refractivity contribution < 1.29 is 0 Å². The smallest absolute Gasteiger partial charge is 0.160 e. The predicted molar refractivity (Wildman–Crippen MR) is 243 cm³/mol. The zero-order chi connectivity index (χ0) is 38.7. The Hall–Kier alpha value is -7.68. The molecule has 272 valence electrons. The summed E-state index contributed by atoms with van der Waals surface area (Å²) < 4.78 is 0. The molecule has 1 heterocycles. The van der Waals surface area contributed by atoms with E-state index in [9.17, 15) is 0 Å². The third-order valence-corrected chi connectivity index (χ3v) is 10.8. The fourth-order valence-electron chi connectivity index (χ4n) is 7.89. The van der Waals surface area contributed by atoms with E-state index in [1.807, 2.05) is 0 Å². The Labute approximate surface area is 339 Å². The van der Waals surface area contributed by atoms with Crippen LogP contribution in [0.25, 0.3) is 100 Å². The van der Waals surface area contributed by atoms with Crippen LogP contribution in [0.4, 0.5) is 0 Å². The van der Waals surface area contributed by atoms with Gasteiger partial charge in [0.25, 0.3) is 0 Å². The van der Waals surface area contributed by atoms with Crippen molar-refractivity contribution in [2.24, 2.45) is 0 Å². The zero-order valence-corrected chi connectivity index (χ0v) is 31.8. The van der Waals surface area contributed by atoms with Crippen LogP contribution in [0.15, 0.2) is 231 Å². The predicted octanol–water partition coefficient (Wildman–Crippen LogP) is 15.0. The molecule has 0 aliphatic rings. The summed E-state index contributed by atoms with van der Waals surface area (Å²) in [6.07, 6.45) is 0. The minimum Gasteiger partial charge on any atom is -0.228 e. The lowest BCUT2D eigenvalue weighted by atomic mass is 9.94. The van der Waals surface area contributed by atoms with E-state index < -0.39 is 0 Å². The van der Waals surface area contributed by atoms with Crippen molar-refractivity contribution in [2.45, 2.75) is 0 Å². The largest absolute Gasteiger partial charge is 0.228 e. The molecular formula is C56H38N2. The van der Waals surface area contributed by atoms with Gasteiger partial charge in [-0.25, -0.2) is 9.97 Å². The van der Waals surface area contributed by atoms with Gasteiger partial charge in [0.15, 0.2) is 5.82 Å². The Morgan fingerprint density at radius 2 is 0.517 bits per heavy atom. The van der Waals surface area contributed by atoms with Gasteiger partial charge in [-0.1, -0.05) is 182 Å². The van der Waals surface area contributed by atoms with Crippen LogP contribution < -0.4 is 0 Å². The third kappa shape index (κ3) is 7.11. The molecule has 0 aliphatic carbocycles. The summed E-state index contributed by atoms with van der Waals surface area (Å²) in [5, 5.41) is 1.02. The topological polar surface area (TPSA) is 25.8 Å². The standard InChI is InChI=1S/C56H38N2/c1-4-16-39(17-5-1)42-22-12-23-43(32-42)44-24-13-25-45(33-44)46-26-14-27-47(34-46)48-28-15-29-49(35-48)55-53-30-10-11-31-54(53)57-56(58-55)52-37-50(40-18-6-2-7-19-40)36-51(38-52)41-20-8-3-9-21-41/h1-38H. The Morgan fingerprint density at radius 3 is 0.983 bits per heavy atom. The van der Waals surface area contributed by atoms with Gasteiger partial charge in [0.05, 0.1) is 11.2 Å². The second kappa shape index (κ2) is 15.5. The molecule has 10 rings (SSSR count). The SMILES string of the molecule is c1ccc(-c2cccc(-c3cccc(-c4cccc(-c5cccc(-c6nc(-c7cc(-c8ccccc8)cc(-c8ccccc8)c7)nc7ccccc67)c5)c4)c3)c2)cc1. The van der Waals surface area contributed by atoms with E-state index in [0.717, 1.165) is 61.1 Å². The first kappa shape index (κ1) is 34.8. The lowest BCUT2D eigenvalue weighted by Gasteiger charge is -2.14. The van der Waals surface area contributed by atoms with Gasteiger partial charge in [-0.15, -0.1) is 0 Å². The summed E-state index contributed by atoms with van der Waals surface area (Å²) in [6, 6.07) is 81.9. The van der Waals surface area contributed by atoms with Gasteiger partial charge in [-0.2, -0.15) is 0 Å². The van der Waals surface area contributed by atoms with Crippen molar-refractivity contribution in [3.63, 3.8) is 0 Å². The van der Waals surface area contributed by atoms with Crippen molar-refractivity contribution in [1.29, 1.82) is 0 Å². The van der Waals surface area contributed by atoms with Crippen LogP contribution in [0.1, 0.15) is 0 Å². The average molecular weight is 739 g/mol. The van der Waals surface area contributed by atoms with Crippen LogP contribution in [0.2, 0.25) is 0 Å². The first-order valence-corrected chi connectivity index (χ1v) is 19.7. The van der Waals surface area contributed by atoms with Crippen LogP contribution in [0.3, 0.4) is 0 Å².